The molecule has 1 aromatic rings. The molecule has 1 aromatic carbocycles. The normalized spacial score (nSPS) is 13.2. The number of rotatable bonds is 11. The molecule has 0 aliphatic rings. The zero-order chi connectivity index (χ0) is 17.3. The topological polar surface area (TPSA) is 63.2 Å². The van der Waals surface area contributed by atoms with Crippen LogP contribution in [0.1, 0.15) is 58.4 Å². The van der Waals surface area contributed by atoms with Gasteiger partial charge in [0.05, 0.1) is 5.75 Å². The average Bonchev–Trinajstić information content (AvgIpc) is 2.44. The van der Waals surface area contributed by atoms with Crippen molar-refractivity contribution in [3.63, 3.8) is 0 Å². The lowest BCUT2D eigenvalue weighted by Gasteiger charge is -2.19. The fourth-order valence-corrected chi connectivity index (χ4v) is 3.94. The van der Waals surface area contributed by atoms with E-state index in [4.69, 9.17) is 0 Å². The van der Waals surface area contributed by atoms with Gasteiger partial charge in [-0.3, -0.25) is 0 Å². The van der Waals surface area contributed by atoms with Crippen LogP contribution in [0.2, 0.25) is 0 Å². The standard InChI is InChI=1S/C18H29NO3S/c1-15(2)12-13-18(11-7-8-16(3)20)19-23(21,22)14-17-9-5-4-6-10-17/h4-6,9-10,15,18-19H,7-8,11-14H2,1-3H3. The van der Waals surface area contributed by atoms with Crippen LogP contribution in [0.5, 0.6) is 0 Å². The van der Waals surface area contributed by atoms with E-state index < -0.39 is 10.0 Å². The molecule has 5 heteroatoms. The maximum atomic E-state index is 12.4. The Kier molecular flexibility index (Phi) is 8.48. The van der Waals surface area contributed by atoms with Crippen molar-refractivity contribution < 1.29 is 13.2 Å². The Hall–Kier alpha value is -1.20. The predicted octanol–water partition coefficient (Wildman–Crippen LogP) is 3.67. The first-order valence-electron chi connectivity index (χ1n) is 8.32. The third-order valence-corrected chi connectivity index (χ3v) is 5.13. The summed E-state index contributed by atoms with van der Waals surface area (Å²) < 4.78 is 27.6. The zero-order valence-electron chi connectivity index (χ0n) is 14.4. The van der Waals surface area contributed by atoms with E-state index >= 15 is 0 Å². The van der Waals surface area contributed by atoms with Crippen LogP contribution in [0.3, 0.4) is 0 Å². The lowest BCUT2D eigenvalue weighted by molar-refractivity contribution is -0.117. The second-order valence-corrected chi connectivity index (χ2v) is 8.38. The molecule has 1 N–H and O–H groups in total. The van der Waals surface area contributed by atoms with Gasteiger partial charge < -0.3 is 4.79 Å². The van der Waals surface area contributed by atoms with Gasteiger partial charge in [0.2, 0.25) is 10.0 Å². The Morgan fingerprint density at radius 3 is 2.30 bits per heavy atom. The Bertz CT molecular complexity index is 567. The van der Waals surface area contributed by atoms with E-state index in [1.54, 1.807) is 6.92 Å². The number of nitrogens with one attached hydrogen (secondary N) is 1. The minimum atomic E-state index is -3.37. The Morgan fingerprint density at radius 2 is 1.74 bits per heavy atom. The molecular weight excluding hydrogens is 310 g/mol. The van der Waals surface area contributed by atoms with Crippen molar-refractivity contribution in [1.29, 1.82) is 0 Å². The van der Waals surface area contributed by atoms with Crippen LogP contribution >= 0.6 is 0 Å². The molecule has 1 atom stereocenters. The highest BCUT2D eigenvalue weighted by molar-refractivity contribution is 7.88. The quantitative estimate of drug-likeness (QED) is 0.669. The second-order valence-electron chi connectivity index (χ2n) is 6.62. The summed E-state index contributed by atoms with van der Waals surface area (Å²) in [4.78, 5) is 11.1. The van der Waals surface area contributed by atoms with Crippen molar-refractivity contribution in [3.8, 4) is 0 Å². The molecule has 0 heterocycles. The van der Waals surface area contributed by atoms with E-state index in [0.717, 1.165) is 24.8 Å². The Balaban J connectivity index is 2.63. The number of benzene rings is 1. The van der Waals surface area contributed by atoms with Crippen LogP contribution in [-0.4, -0.2) is 20.2 Å². The maximum absolute atomic E-state index is 12.4. The molecule has 130 valence electrons. The number of ketones is 1. The average molecular weight is 340 g/mol. The highest BCUT2D eigenvalue weighted by Crippen LogP contribution is 2.14. The summed E-state index contributed by atoms with van der Waals surface area (Å²) in [5.41, 5.74) is 0.784. The van der Waals surface area contributed by atoms with E-state index in [1.165, 1.54) is 0 Å². The van der Waals surface area contributed by atoms with Gasteiger partial charge in [0, 0.05) is 12.5 Å². The number of carbonyl (C=O) groups is 1. The van der Waals surface area contributed by atoms with E-state index in [-0.39, 0.29) is 17.6 Å². The molecule has 0 saturated carbocycles. The van der Waals surface area contributed by atoms with Crippen molar-refractivity contribution in [2.75, 3.05) is 0 Å². The van der Waals surface area contributed by atoms with Gasteiger partial charge in [-0.1, -0.05) is 44.2 Å². The summed E-state index contributed by atoms with van der Waals surface area (Å²) in [6.45, 7) is 5.83. The zero-order valence-corrected chi connectivity index (χ0v) is 15.2. The molecule has 23 heavy (non-hydrogen) atoms. The first-order valence-corrected chi connectivity index (χ1v) is 9.97. The molecule has 0 aliphatic heterocycles. The molecule has 0 fully saturated rings. The summed E-state index contributed by atoms with van der Waals surface area (Å²) in [6.07, 6.45) is 3.73. The predicted molar refractivity (Wildman–Crippen MR) is 94.6 cm³/mol. The van der Waals surface area contributed by atoms with Gasteiger partial charge in [0.25, 0.3) is 0 Å². The summed E-state index contributed by atoms with van der Waals surface area (Å²) in [7, 11) is -3.37. The number of hydrogen-bond acceptors (Lipinski definition) is 3. The first-order chi connectivity index (χ1) is 10.8. The van der Waals surface area contributed by atoms with Gasteiger partial charge >= 0.3 is 0 Å². The molecule has 0 aromatic heterocycles. The van der Waals surface area contributed by atoms with Crippen molar-refractivity contribution in [3.05, 3.63) is 35.9 Å². The van der Waals surface area contributed by atoms with E-state index in [2.05, 4.69) is 18.6 Å². The van der Waals surface area contributed by atoms with E-state index in [1.807, 2.05) is 30.3 Å². The molecule has 0 saturated heterocycles. The molecule has 4 nitrogen and oxygen atoms in total. The molecule has 0 spiro atoms. The molecule has 0 amide bonds. The van der Waals surface area contributed by atoms with Crippen molar-refractivity contribution in [2.45, 2.75) is 64.7 Å². The monoisotopic (exact) mass is 339 g/mol. The van der Waals surface area contributed by atoms with Gasteiger partial charge in [0.15, 0.2) is 0 Å². The number of Topliss-reactive ketones (excluding diaryl/α,β-unsaturated/α-hetero) is 1. The molecule has 0 radical (unpaired) electrons. The first kappa shape index (κ1) is 19.8. The molecule has 1 unspecified atom stereocenters. The van der Waals surface area contributed by atoms with Crippen LogP contribution in [0.4, 0.5) is 0 Å². The highest BCUT2D eigenvalue weighted by Gasteiger charge is 2.18. The molecule has 0 bridgehead atoms. The smallest absolute Gasteiger partial charge is 0.216 e. The number of sulfonamides is 1. The van der Waals surface area contributed by atoms with Crippen LogP contribution in [0, 0.1) is 5.92 Å². The lowest BCUT2D eigenvalue weighted by atomic mass is 10.00. The SMILES string of the molecule is CC(=O)CCCC(CCC(C)C)NS(=O)(=O)Cc1ccccc1. The molecule has 1 rings (SSSR count). The van der Waals surface area contributed by atoms with Crippen molar-refractivity contribution in [1.82, 2.24) is 4.72 Å². The third-order valence-electron chi connectivity index (χ3n) is 3.72. The Labute approximate surface area is 140 Å². The minimum absolute atomic E-state index is 0.00126. The van der Waals surface area contributed by atoms with Crippen molar-refractivity contribution >= 4 is 15.8 Å². The van der Waals surface area contributed by atoms with Gasteiger partial charge in [-0.25, -0.2) is 13.1 Å². The fourth-order valence-electron chi connectivity index (χ4n) is 2.48. The highest BCUT2D eigenvalue weighted by atomic mass is 32.2. The third kappa shape index (κ3) is 9.51. The molecule has 0 aliphatic carbocycles. The minimum Gasteiger partial charge on any atom is -0.300 e. The van der Waals surface area contributed by atoms with Gasteiger partial charge in [-0.15, -0.1) is 0 Å². The van der Waals surface area contributed by atoms with Gasteiger partial charge in [-0.05, 0) is 44.1 Å². The van der Waals surface area contributed by atoms with Crippen molar-refractivity contribution in [2.24, 2.45) is 5.92 Å². The van der Waals surface area contributed by atoms with Crippen LogP contribution in [0.25, 0.3) is 0 Å². The van der Waals surface area contributed by atoms with Gasteiger partial charge in [0.1, 0.15) is 5.78 Å². The lowest BCUT2D eigenvalue weighted by Crippen LogP contribution is -2.36. The van der Waals surface area contributed by atoms with Crippen LogP contribution in [0.15, 0.2) is 30.3 Å². The maximum Gasteiger partial charge on any atom is 0.216 e. The van der Waals surface area contributed by atoms with Crippen LogP contribution < -0.4 is 4.72 Å². The number of hydrogen-bond donors (Lipinski definition) is 1. The summed E-state index contributed by atoms with van der Waals surface area (Å²) >= 11 is 0. The fraction of sp³-hybridized carbons (Fsp3) is 0.611. The summed E-state index contributed by atoms with van der Waals surface area (Å²) in [5.74, 6) is 0.683. The van der Waals surface area contributed by atoms with E-state index in [9.17, 15) is 13.2 Å². The summed E-state index contributed by atoms with van der Waals surface area (Å²) in [6, 6.07) is 9.10. The summed E-state index contributed by atoms with van der Waals surface area (Å²) in [5, 5.41) is 0. The molecular formula is C18H29NO3S. The Morgan fingerprint density at radius 1 is 1.09 bits per heavy atom. The number of carbonyl (C=O) groups excluding carboxylic acids is 1. The van der Waals surface area contributed by atoms with E-state index in [0.29, 0.717) is 18.8 Å². The van der Waals surface area contributed by atoms with Crippen LogP contribution in [-0.2, 0) is 20.6 Å². The van der Waals surface area contributed by atoms with Gasteiger partial charge in [-0.2, -0.15) is 0 Å². The second kappa shape index (κ2) is 9.83. The largest absolute Gasteiger partial charge is 0.300 e.